The predicted octanol–water partition coefficient (Wildman–Crippen LogP) is 4.00. The van der Waals surface area contributed by atoms with Crippen LogP contribution in [0.2, 0.25) is 0 Å². The van der Waals surface area contributed by atoms with Crippen LogP contribution in [0.3, 0.4) is 0 Å². The molecule has 126 valence electrons. The second kappa shape index (κ2) is 7.13. The van der Waals surface area contributed by atoms with E-state index in [1.807, 2.05) is 48.5 Å². The third kappa shape index (κ3) is 3.35. The monoisotopic (exact) mass is 335 g/mol. The fourth-order valence-electron chi connectivity index (χ4n) is 2.64. The molecule has 1 aromatic heterocycles. The summed E-state index contributed by atoms with van der Waals surface area (Å²) in [7, 11) is 0. The number of carbonyl (C=O) groups is 2. The molecule has 0 aliphatic heterocycles. The topological polar surface area (TPSA) is 65.5 Å². The summed E-state index contributed by atoms with van der Waals surface area (Å²) in [6.07, 6.45) is 0. The van der Waals surface area contributed by atoms with E-state index in [-0.39, 0.29) is 18.1 Å². The van der Waals surface area contributed by atoms with Crippen molar-refractivity contribution in [2.24, 2.45) is 0 Å². The van der Waals surface area contributed by atoms with Crippen molar-refractivity contribution in [3.63, 3.8) is 0 Å². The van der Waals surface area contributed by atoms with Crippen molar-refractivity contribution in [3.05, 3.63) is 60.3 Å². The van der Waals surface area contributed by atoms with Crippen molar-refractivity contribution in [2.75, 3.05) is 6.61 Å². The van der Waals surface area contributed by atoms with E-state index in [1.165, 1.54) is 6.92 Å². The van der Waals surface area contributed by atoms with Gasteiger partial charge in [-0.3, -0.25) is 4.79 Å². The molecule has 0 aliphatic carbocycles. The second-order valence-electron chi connectivity index (χ2n) is 5.36. The molecule has 3 rings (SSSR count). The molecule has 2 aromatic carbocycles. The Hall–Kier alpha value is -3.21. The Kier molecular flexibility index (Phi) is 4.75. The van der Waals surface area contributed by atoms with Crippen LogP contribution < -0.4 is 4.74 Å². The molecular weight excluding hydrogens is 318 g/mol. The number of carbonyl (C=O) groups excluding carboxylic acids is 2. The van der Waals surface area contributed by atoms with E-state index in [2.05, 4.69) is 4.98 Å². The van der Waals surface area contributed by atoms with Gasteiger partial charge in [0.1, 0.15) is 0 Å². The highest BCUT2D eigenvalue weighted by Crippen LogP contribution is 2.35. The fraction of sp³-hybridized carbons (Fsp3) is 0.150. The normalized spacial score (nSPS) is 10.5. The summed E-state index contributed by atoms with van der Waals surface area (Å²) in [5.74, 6) is -1.02. The molecule has 0 aliphatic rings. The molecule has 0 N–H and O–H groups in total. The molecule has 5 heteroatoms. The molecule has 0 radical (unpaired) electrons. The van der Waals surface area contributed by atoms with Crippen LogP contribution in [0.25, 0.3) is 22.0 Å². The number of nitrogens with zero attached hydrogens (tertiary/aromatic N) is 1. The molecule has 0 saturated heterocycles. The highest BCUT2D eigenvalue weighted by molar-refractivity contribution is 6.05. The van der Waals surface area contributed by atoms with Gasteiger partial charge in [0.15, 0.2) is 11.4 Å². The number of hydrogen-bond donors (Lipinski definition) is 0. The smallest absolute Gasteiger partial charge is 0.360 e. The first-order chi connectivity index (χ1) is 12.1. The van der Waals surface area contributed by atoms with Crippen molar-refractivity contribution >= 4 is 22.7 Å². The Morgan fingerprint density at radius 2 is 1.60 bits per heavy atom. The van der Waals surface area contributed by atoms with Gasteiger partial charge in [-0.25, -0.2) is 9.78 Å². The standard InChI is InChI=1S/C20H17NO4/c1-3-24-20(23)18-19(25-13(2)22)16-12-8-7-11-15(16)17(21-18)14-9-5-4-6-10-14/h4-12H,3H2,1-2H3. The van der Waals surface area contributed by atoms with Crippen molar-refractivity contribution in [1.82, 2.24) is 4.98 Å². The lowest BCUT2D eigenvalue weighted by Crippen LogP contribution is -2.13. The van der Waals surface area contributed by atoms with Gasteiger partial charge in [-0.15, -0.1) is 0 Å². The highest BCUT2D eigenvalue weighted by atomic mass is 16.5. The number of rotatable bonds is 4. The maximum Gasteiger partial charge on any atom is 0.360 e. The fourth-order valence-corrected chi connectivity index (χ4v) is 2.64. The lowest BCUT2D eigenvalue weighted by molar-refractivity contribution is -0.131. The summed E-state index contributed by atoms with van der Waals surface area (Å²) in [6.45, 7) is 3.20. The molecule has 0 amide bonds. The van der Waals surface area contributed by atoms with Crippen LogP contribution in [-0.4, -0.2) is 23.5 Å². The Morgan fingerprint density at radius 1 is 0.960 bits per heavy atom. The summed E-state index contributed by atoms with van der Waals surface area (Å²) >= 11 is 0. The SMILES string of the molecule is CCOC(=O)c1nc(-c2ccccc2)c2ccccc2c1OC(C)=O. The van der Waals surface area contributed by atoms with Crippen LogP contribution in [0.1, 0.15) is 24.3 Å². The molecule has 0 spiro atoms. The summed E-state index contributed by atoms with van der Waals surface area (Å²) in [5.41, 5.74) is 1.49. The van der Waals surface area contributed by atoms with E-state index in [9.17, 15) is 9.59 Å². The average Bonchev–Trinajstić information content (AvgIpc) is 2.62. The zero-order valence-corrected chi connectivity index (χ0v) is 14.0. The van der Waals surface area contributed by atoms with Crippen LogP contribution in [0.15, 0.2) is 54.6 Å². The van der Waals surface area contributed by atoms with Crippen LogP contribution in [0.4, 0.5) is 0 Å². The van der Waals surface area contributed by atoms with Gasteiger partial charge in [0.25, 0.3) is 0 Å². The number of esters is 2. The summed E-state index contributed by atoms with van der Waals surface area (Å²) in [4.78, 5) is 28.4. The molecule has 0 atom stereocenters. The zero-order valence-electron chi connectivity index (χ0n) is 14.0. The molecule has 5 nitrogen and oxygen atoms in total. The van der Waals surface area contributed by atoms with E-state index < -0.39 is 11.9 Å². The van der Waals surface area contributed by atoms with Crippen LogP contribution >= 0.6 is 0 Å². The predicted molar refractivity (Wildman–Crippen MR) is 94.4 cm³/mol. The molecule has 25 heavy (non-hydrogen) atoms. The first-order valence-electron chi connectivity index (χ1n) is 7.95. The summed E-state index contributed by atoms with van der Waals surface area (Å²) < 4.78 is 10.4. The Labute approximate surface area is 145 Å². The van der Waals surface area contributed by atoms with E-state index in [1.54, 1.807) is 13.0 Å². The summed E-state index contributed by atoms with van der Waals surface area (Å²) in [6, 6.07) is 16.9. The Morgan fingerprint density at radius 3 is 2.24 bits per heavy atom. The Balaban J connectivity index is 2.34. The van der Waals surface area contributed by atoms with Crippen molar-refractivity contribution in [3.8, 4) is 17.0 Å². The lowest BCUT2D eigenvalue weighted by Gasteiger charge is -2.14. The number of pyridine rings is 1. The van der Waals surface area contributed by atoms with Crippen LogP contribution in [0, 0.1) is 0 Å². The van der Waals surface area contributed by atoms with Gasteiger partial charge < -0.3 is 9.47 Å². The van der Waals surface area contributed by atoms with Crippen molar-refractivity contribution < 1.29 is 19.1 Å². The maximum atomic E-state index is 12.4. The van der Waals surface area contributed by atoms with E-state index in [0.29, 0.717) is 11.1 Å². The highest BCUT2D eigenvalue weighted by Gasteiger charge is 2.23. The molecule has 1 heterocycles. The van der Waals surface area contributed by atoms with E-state index >= 15 is 0 Å². The van der Waals surface area contributed by atoms with Crippen molar-refractivity contribution in [2.45, 2.75) is 13.8 Å². The number of hydrogen-bond acceptors (Lipinski definition) is 5. The minimum absolute atomic E-state index is 0.00500. The van der Waals surface area contributed by atoms with Gasteiger partial charge >= 0.3 is 11.9 Å². The van der Waals surface area contributed by atoms with E-state index in [4.69, 9.17) is 9.47 Å². The average molecular weight is 335 g/mol. The zero-order chi connectivity index (χ0) is 17.8. The van der Waals surface area contributed by atoms with Gasteiger partial charge in [0.2, 0.25) is 0 Å². The molecule has 0 unspecified atom stereocenters. The molecule has 0 bridgehead atoms. The largest absolute Gasteiger partial charge is 0.461 e. The lowest BCUT2D eigenvalue weighted by atomic mass is 10.0. The number of ether oxygens (including phenoxy) is 2. The molecule has 0 saturated carbocycles. The first kappa shape index (κ1) is 16.6. The third-order valence-corrected chi connectivity index (χ3v) is 3.63. The van der Waals surface area contributed by atoms with Gasteiger partial charge in [0, 0.05) is 23.3 Å². The number of aromatic nitrogens is 1. The Bertz CT molecular complexity index is 935. The first-order valence-corrected chi connectivity index (χ1v) is 7.95. The molecule has 0 fully saturated rings. The number of fused-ring (bicyclic) bond motifs is 1. The van der Waals surface area contributed by atoms with Gasteiger partial charge in [-0.2, -0.15) is 0 Å². The molecule has 3 aromatic rings. The minimum Gasteiger partial charge on any atom is -0.461 e. The van der Waals surface area contributed by atoms with Crippen LogP contribution in [0.5, 0.6) is 5.75 Å². The molecular formula is C20H17NO4. The number of benzene rings is 2. The van der Waals surface area contributed by atoms with Gasteiger partial charge in [0.05, 0.1) is 12.3 Å². The second-order valence-corrected chi connectivity index (χ2v) is 5.36. The van der Waals surface area contributed by atoms with Crippen molar-refractivity contribution in [1.29, 1.82) is 0 Å². The van der Waals surface area contributed by atoms with Gasteiger partial charge in [-0.05, 0) is 6.92 Å². The van der Waals surface area contributed by atoms with Gasteiger partial charge in [-0.1, -0.05) is 54.6 Å². The quantitative estimate of drug-likeness (QED) is 0.674. The van der Waals surface area contributed by atoms with E-state index in [0.717, 1.165) is 10.9 Å². The minimum atomic E-state index is -0.623. The van der Waals surface area contributed by atoms with Crippen LogP contribution in [-0.2, 0) is 9.53 Å². The third-order valence-electron chi connectivity index (χ3n) is 3.63. The maximum absolute atomic E-state index is 12.4. The summed E-state index contributed by atoms with van der Waals surface area (Å²) in [5, 5.41) is 1.42.